The SMILES string of the molecule is COC(=O)c1oc(NC(C)(C)C)nc1C(F)(F)F. The van der Waals surface area contributed by atoms with Crippen LogP contribution in [0.4, 0.5) is 19.2 Å². The van der Waals surface area contributed by atoms with Gasteiger partial charge in [0.2, 0.25) is 5.76 Å². The number of esters is 1. The molecule has 0 unspecified atom stereocenters. The van der Waals surface area contributed by atoms with Crippen LogP contribution in [-0.4, -0.2) is 23.6 Å². The third-order valence-corrected chi connectivity index (χ3v) is 1.75. The molecular weight excluding hydrogens is 253 g/mol. The molecule has 0 atom stereocenters. The van der Waals surface area contributed by atoms with E-state index in [1.165, 1.54) is 0 Å². The zero-order valence-electron chi connectivity index (χ0n) is 10.3. The molecule has 0 bridgehead atoms. The van der Waals surface area contributed by atoms with Gasteiger partial charge in [-0.2, -0.15) is 18.2 Å². The Morgan fingerprint density at radius 1 is 1.33 bits per heavy atom. The third kappa shape index (κ3) is 3.38. The Morgan fingerprint density at radius 3 is 2.28 bits per heavy atom. The number of ether oxygens (including phenoxy) is 1. The third-order valence-electron chi connectivity index (χ3n) is 1.75. The van der Waals surface area contributed by atoms with Crippen molar-refractivity contribution in [2.75, 3.05) is 12.4 Å². The molecule has 0 spiro atoms. The summed E-state index contributed by atoms with van der Waals surface area (Å²) in [6, 6.07) is -0.379. The van der Waals surface area contributed by atoms with Crippen molar-refractivity contribution in [3.63, 3.8) is 0 Å². The van der Waals surface area contributed by atoms with Gasteiger partial charge in [-0.25, -0.2) is 4.79 Å². The van der Waals surface area contributed by atoms with Crippen LogP contribution in [0.2, 0.25) is 0 Å². The number of oxazole rings is 1. The van der Waals surface area contributed by atoms with Crippen LogP contribution < -0.4 is 5.32 Å². The minimum absolute atomic E-state index is 0.379. The zero-order valence-corrected chi connectivity index (χ0v) is 10.3. The maximum atomic E-state index is 12.6. The van der Waals surface area contributed by atoms with E-state index >= 15 is 0 Å². The minimum atomic E-state index is -4.79. The molecule has 1 heterocycles. The molecule has 1 rings (SSSR count). The minimum Gasteiger partial charge on any atom is -0.463 e. The van der Waals surface area contributed by atoms with Crippen molar-refractivity contribution < 1.29 is 27.1 Å². The molecule has 1 aromatic heterocycles. The summed E-state index contributed by atoms with van der Waals surface area (Å²) in [6.45, 7) is 5.13. The van der Waals surface area contributed by atoms with Gasteiger partial charge in [0.15, 0.2) is 5.69 Å². The summed E-state index contributed by atoms with van der Waals surface area (Å²) < 4.78 is 46.9. The molecule has 0 radical (unpaired) electrons. The molecular formula is C10H13F3N2O3. The lowest BCUT2D eigenvalue weighted by atomic mass is 10.1. The molecule has 0 saturated heterocycles. The van der Waals surface area contributed by atoms with Crippen LogP contribution in [0.1, 0.15) is 37.0 Å². The molecule has 0 aliphatic rings. The number of alkyl halides is 3. The van der Waals surface area contributed by atoms with Crippen LogP contribution in [0, 0.1) is 0 Å². The summed E-state index contributed by atoms with van der Waals surface area (Å²) in [4.78, 5) is 14.4. The van der Waals surface area contributed by atoms with E-state index in [1.54, 1.807) is 20.8 Å². The number of halogens is 3. The van der Waals surface area contributed by atoms with Gasteiger partial charge in [0.05, 0.1) is 7.11 Å². The van der Waals surface area contributed by atoms with Crippen molar-refractivity contribution in [3.8, 4) is 0 Å². The summed E-state index contributed by atoms with van der Waals surface area (Å²) >= 11 is 0. The van der Waals surface area contributed by atoms with E-state index in [0.29, 0.717) is 0 Å². The highest BCUT2D eigenvalue weighted by Crippen LogP contribution is 2.33. The largest absolute Gasteiger partial charge is 0.463 e. The maximum absolute atomic E-state index is 12.6. The molecule has 1 aromatic rings. The van der Waals surface area contributed by atoms with Crippen LogP contribution >= 0.6 is 0 Å². The molecule has 0 aliphatic heterocycles. The average molecular weight is 266 g/mol. The van der Waals surface area contributed by atoms with Crippen molar-refractivity contribution in [2.45, 2.75) is 32.5 Å². The highest BCUT2D eigenvalue weighted by molar-refractivity contribution is 5.87. The second-order valence-corrected chi connectivity index (χ2v) is 4.56. The average Bonchev–Trinajstić information content (AvgIpc) is 2.57. The Kier molecular flexibility index (Phi) is 3.59. The standard InChI is InChI=1S/C10H13F3N2O3/c1-9(2,3)15-8-14-6(10(11,12)13)5(18-8)7(16)17-4/h1-4H3,(H,14,15). The second kappa shape index (κ2) is 4.51. The predicted octanol–water partition coefficient (Wildman–Crippen LogP) is 2.69. The van der Waals surface area contributed by atoms with Gasteiger partial charge in [-0.15, -0.1) is 0 Å². The van der Waals surface area contributed by atoms with Gasteiger partial charge >= 0.3 is 12.1 Å². The van der Waals surface area contributed by atoms with Crippen LogP contribution in [-0.2, 0) is 10.9 Å². The lowest BCUT2D eigenvalue weighted by Crippen LogP contribution is -2.26. The van der Waals surface area contributed by atoms with E-state index in [9.17, 15) is 18.0 Å². The number of carbonyl (C=O) groups excluding carboxylic acids is 1. The van der Waals surface area contributed by atoms with Gasteiger partial charge in [0, 0.05) is 5.54 Å². The van der Waals surface area contributed by atoms with Crippen molar-refractivity contribution >= 4 is 12.0 Å². The van der Waals surface area contributed by atoms with E-state index in [0.717, 1.165) is 7.11 Å². The molecule has 8 heteroatoms. The van der Waals surface area contributed by atoms with Gasteiger partial charge in [-0.05, 0) is 20.8 Å². The number of nitrogens with one attached hydrogen (secondary N) is 1. The Labute approximate surface area is 101 Å². The van der Waals surface area contributed by atoms with E-state index in [-0.39, 0.29) is 6.01 Å². The van der Waals surface area contributed by atoms with Gasteiger partial charge in [-0.3, -0.25) is 0 Å². The predicted molar refractivity (Wildman–Crippen MR) is 56.2 cm³/mol. The van der Waals surface area contributed by atoms with Crippen LogP contribution in [0.25, 0.3) is 0 Å². The lowest BCUT2D eigenvalue weighted by Gasteiger charge is -2.18. The topological polar surface area (TPSA) is 64.4 Å². The smallest absolute Gasteiger partial charge is 0.437 e. The first kappa shape index (κ1) is 14.3. The number of methoxy groups -OCH3 is 1. The Morgan fingerprint density at radius 2 is 1.89 bits per heavy atom. The summed E-state index contributed by atoms with van der Waals surface area (Å²) in [6.07, 6.45) is -4.79. The van der Waals surface area contributed by atoms with Gasteiger partial charge < -0.3 is 14.5 Å². The maximum Gasteiger partial charge on any atom is 0.437 e. The van der Waals surface area contributed by atoms with Crippen molar-refractivity contribution in [3.05, 3.63) is 11.5 Å². The van der Waals surface area contributed by atoms with Crippen LogP contribution in [0.5, 0.6) is 0 Å². The number of anilines is 1. The first-order valence-corrected chi connectivity index (χ1v) is 4.99. The van der Waals surface area contributed by atoms with E-state index in [4.69, 9.17) is 4.42 Å². The van der Waals surface area contributed by atoms with Gasteiger partial charge in [-0.1, -0.05) is 0 Å². The quantitative estimate of drug-likeness (QED) is 0.834. The van der Waals surface area contributed by atoms with Gasteiger partial charge in [0.1, 0.15) is 0 Å². The zero-order chi connectivity index (χ0) is 14.1. The monoisotopic (exact) mass is 266 g/mol. The van der Waals surface area contributed by atoms with Gasteiger partial charge in [0.25, 0.3) is 6.01 Å². The molecule has 5 nitrogen and oxygen atoms in total. The molecule has 102 valence electrons. The molecule has 18 heavy (non-hydrogen) atoms. The summed E-state index contributed by atoms with van der Waals surface area (Å²) in [5.74, 6) is -2.19. The summed E-state index contributed by atoms with van der Waals surface area (Å²) in [5.41, 5.74) is -1.96. The van der Waals surface area contributed by atoms with Crippen molar-refractivity contribution in [1.82, 2.24) is 4.98 Å². The highest BCUT2D eigenvalue weighted by atomic mass is 19.4. The first-order valence-electron chi connectivity index (χ1n) is 4.99. The molecule has 0 aliphatic carbocycles. The molecule has 0 saturated carbocycles. The molecule has 0 aromatic carbocycles. The second-order valence-electron chi connectivity index (χ2n) is 4.56. The van der Waals surface area contributed by atoms with E-state index < -0.39 is 29.1 Å². The Hall–Kier alpha value is -1.73. The molecule has 0 fully saturated rings. The van der Waals surface area contributed by atoms with Crippen LogP contribution in [0.15, 0.2) is 4.42 Å². The Balaban J connectivity index is 3.20. The lowest BCUT2D eigenvalue weighted by molar-refractivity contribution is -0.141. The van der Waals surface area contributed by atoms with Crippen molar-refractivity contribution in [1.29, 1.82) is 0 Å². The van der Waals surface area contributed by atoms with Crippen molar-refractivity contribution in [2.24, 2.45) is 0 Å². The normalized spacial score (nSPS) is 12.4. The summed E-state index contributed by atoms with van der Waals surface area (Å²) in [7, 11) is 0.960. The van der Waals surface area contributed by atoms with Crippen LogP contribution in [0.3, 0.4) is 0 Å². The Bertz CT molecular complexity index is 446. The first-order chi connectivity index (χ1) is 8.04. The van der Waals surface area contributed by atoms with E-state index in [2.05, 4.69) is 15.0 Å². The number of hydrogen-bond acceptors (Lipinski definition) is 5. The fourth-order valence-corrected chi connectivity index (χ4v) is 1.12. The number of aromatic nitrogens is 1. The fraction of sp³-hybridized carbons (Fsp3) is 0.600. The molecule has 0 amide bonds. The number of rotatable bonds is 2. The summed E-state index contributed by atoms with van der Waals surface area (Å²) in [5, 5.41) is 2.61. The number of nitrogens with zero attached hydrogens (tertiary/aromatic N) is 1. The number of carbonyl (C=O) groups is 1. The van der Waals surface area contributed by atoms with E-state index in [1.807, 2.05) is 0 Å². The highest BCUT2D eigenvalue weighted by Gasteiger charge is 2.42. The number of hydrogen-bond donors (Lipinski definition) is 1. The molecule has 1 N–H and O–H groups in total. The fourth-order valence-electron chi connectivity index (χ4n) is 1.12.